The number of rotatable bonds is 13. The Hall–Kier alpha value is -0.240. The molecular weight excluding hydrogens is 270 g/mol. The number of alkyl halides is 1. The van der Waals surface area contributed by atoms with E-state index in [9.17, 15) is 4.79 Å². The molecule has 0 aliphatic carbocycles. The summed E-state index contributed by atoms with van der Waals surface area (Å²) in [4.78, 5) is 11.7. The fraction of sp³-hybridized carbons (Fsp3) is 0.941. The van der Waals surface area contributed by atoms with E-state index in [0.29, 0.717) is 6.42 Å². The zero-order valence-corrected chi connectivity index (χ0v) is 14.5. The lowest BCUT2D eigenvalue weighted by Gasteiger charge is -2.14. The number of carbonyl (C=O) groups is 1. The van der Waals surface area contributed by atoms with E-state index in [2.05, 4.69) is 12.2 Å². The third-order valence-electron chi connectivity index (χ3n) is 3.59. The van der Waals surface area contributed by atoms with E-state index in [1.807, 2.05) is 13.8 Å². The van der Waals surface area contributed by atoms with Gasteiger partial charge in [-0.25, -0.2) is 0 Å². The number of hydrogen-bond donors (Lipinski definition) is 1. The van der Waals surface area contributed by atoms with Crippen LogP contribution in [-0.2, 0) is 4.79 Å². The Kier molecular flexibility index (Phi) is 13.6. The highest BCUT2D eigenvalue weighted by atomic mass is 35.5. The summed E-state index contributed by atoms with van der Waals surface area (Å²) >= 11 is 5.91. The summed E-state index contributed by atoms with van der Waals surface area (Å²) < 4.78 is 0. The molecule has 2 nitrogen and oxygen atoms in total. The summed E-state index contributed by atoms with van der Waals surface area (Å²) in [5.41, 5.74) is 0. The third-order valence-corrected chi connectivity index (χ3v) is 3.77. The average molecular weight is 304 g/mol. The van der Waals surface area contributed by atoms with E-state index in [1.165, 1.54) is 51.4 Å². The normalized spacial score (nSPS) is 14.0. The topological polar surface area (TPSA) is 29.1 Å². The highest BCUT2D eigenvalue weighted by Gasteiger charge is 2.09. The van der Waals surface area contributed by atoms with Gasteiger partial charge in [-0.2, -0.15) is 0 Å². The highest BCUT2D eigenvalue weighted by Crippen LogP contribution is 2.10. The molecule has 1 N–H and O–H groups in total. The quantitative estimate of drug-likeness (QED) is 0.357. The lowest BCUT2D eigenvalue weighted by atomic mass is 10.1. The first-order valence-electron chi connectivity index (χ1n) is 8.49. The van der Waals surface area contributed by atoms with Gasteiger partial charge in [0, 0.05) is 17.8 Å². The Balaban J connectivity index is 3.31. The SMILES string of the molecule is CCCCCCCCCCCC(=O)NC(C)CC(C)Cl. The molecule has 0 aromatic carbocycles. The van der Waals surface area contributed by atoms with Crippen molar-refractivity contribution in [1.82, 2.24) is 5.32 Å². The molecule has 0 bridgehead atoms. The predicted molar refractivity (Wildman–Crippen MR) is 89.4 cm³/mol. The van der Waals surface area contributed by atoms with Gasteiger partial charge >= 0.3 is 0 Å². The first-order chi connectivity index (χ1) is 9.56. The standard InChI is InChI=1S/C17H34ClNO/c1-4-5-6-7-8-9-10-11-12-13-17(20)19-16(3)14-15(2)18/h15-16H,4-14H2,1-3H3,(H,19,20). The van der Waals surface area contributed by atoms with Crippen LogP contribution < -0.4 is 5.32 Å². The van der Waals surface area contributed by atoms with Gasteiger partial charge in [-0.15, -0.1) is 11.6 Å². The second kappa shape index (κ2) is 13.7. The van der Waals surface area contributed by atoms with Crippen LogP contribution in [0, 0.1) is 0 Å². The molecule has 0 fully saturated rings. The Labute approximate surface area is 131 Å². The average Bonchev–Trinajstić information content (AvgIpc) is 2.35. The van der Waals surface area contributed by atoms with Gasteiger partial charge in [0.15, 0.2) is 0 Å². The van der Waals surface area contributed by atoms with Crippen molar-refractivity contribution in [2.75, 3.05) is 0 Å². The fourth-order valence-electron chi connectivity index (χ4n) is 2.49. The maximum atomic E-state index is 11.7. The first kappa shape index (κ1) is 19.8. The van der Waals surface area contributed by atoms with Crippen LogP contribution in [0.2, 0.25) is 0 Å². The monoisotopic (exact) mass is 303 g/mol. The molecule has 0 aromatic rings. The molecule has 0 rings (SSSR count). The molecule has 2 atom stereocenters. The molecule has 0 radical (unpaired) electrons. The molecule has 120 valence electrons. The number of carbonyl (C=O) groups excluding carboxylic acids is 1. The van der Waals surface area contributed by atoms with Crippen LogP contribution in [0.15, 0.2) is 0 Å². The minimum Gasteiger partial charge on any atom is -0.354 e. The first-order valence-corrected chi connectivity index (χ1v) is 8.93. The van der Waals surface area contributed by atoms with Gasteiger partial charge in [0.2, 0.25) is 5.91 Å². The van der Waals surface area contributed by atoms with E-state index in [-0.39, 0.29) is 17.3 Å². The Morgan fingerprint density at radius 3 is 1.95 bits per heavy atom. The van der Waals surface area contributed by atoms with Crippen LogP contribution in [0.5, 0.6) is 0 Å². The summed E-state index contributed by atoms with van der Waals surface area (Å²) in [5.74, 6) is 0.178. The second-order valence-electron chi connectivity index (χ2n) is 6.06. The van der Waals surface area contributed by atoms with Crippen LogP contribution >= 0.6 is 11.6 Å². The number of halogens is 1. The van der Waals surface area contributed by atoms with Crippen LogP contribution in [-0.4, -0.2) is 17.3 Å². The predicted octanol–water partition coefficient (Wildman–Crippen LogP) is 5.43. The Morgan fingerprint density at radius 1 is 0.950 bits per heavy atom. The largest absolute Gasteiger partial charge is 0.354 e. The smallest absolute Gasteiger partial charge is 0.220 e. The lowest BCUT2D eigenvalue weighted by molar-refractivity contribution is -0.121. The van der Waals surface area contributed by atoms with Crippen molar-refractivity contribution in [1.29, 1.82) is 0 Å². The van der Waals surface area contributed by atoms with Crippen LogP contribution in [0.3, 0.4) is 0 Å². The van der Waals surface area contributed by atoms with Gasteiger partial charge in [0.05, 0.1) is 0 Å². The number of hydrogen-bond acceptors (Lipinski definition) is 1. The summed E-state index contributed by atoms with van der Waals surface area (Å²) in [6, 6.07) is 0.188. The van der Waals surface area contributed by atoms with Crippen LogP contribution in [0.4, 0.5) is 0 Å². The molecule has 0 saturated heterocycles. The second-order valence-corrected chi connectivity index (χ2v) is 6.81. The van der Waals surface area contributed by atoms with E-state index in [4.69, 9.17) is 11.6 Å². The Bertz CT molecular complexity index is 231. The van der Waals surface area contributed by atoms with Gasteiger partial charge in [-0.05, 0) is 26.7 Å². The van der Waals surface area contributed by atoms with E-state index >= 15 is 0 Å². The molecule has 0 aliphatic heterocycles. The molecule has 1 amide bonds. The molecular formula is C17H34ClNO. The number of unbranched alkanes of at least 4 members (excludes halogenated alkanes) is 8. The molecule has 0 aliphatic rings. The van der Waals surface area contributed by atoms with E-state index in [1.54, 1.807) is 0 Å². The minimum absolute atomic E-state index is 0.123. The van der Waals surface area contributed by atoms with Crippen LogP contribution in [0.1, 0.15) is 91.4 Å². The van der Waals surface area contributed by atoms with Crippen molar-refractivity contribution in [3.05, 3.63) is 0 Å². The fourth-order valence-corrected chi connectivity index (χ4v) is 2.76. The molecule has 2 unspecified atom stereocenters. The van der Waals surface area contributed by atoms with Gasteiger partial charge < -0.3 is 5.32 Å². The zero-order chi connectivity index (χ0) is 15.2. The number of nitrogens with one attached hydrogen (secondary N) is 1. The Morgan fingerprint density at radius 2 is 1.45 bits per heavy atom. The van der Waals surface area contributed by atoms with E-state index < -0.39 is 0 Å². The molecule has 0 aromatic heterocycles. The lowest BCUT2D eigenvalue weighted by Crippen LogP contribution is -2.33. The zero-order valence-electron chi connectivity index (χ0n) is 13.7. The van der Waals surface area contributed by atoms with E-state index in [0.717, 1.165) is 12.8 Å². The minimum atomic E-state index is 0.123. The number of amides is 1. The van der Waals surface area contributed by atoms with Crippen molar-refractivity contribution in [2.45, 2.75) is 103 Å². The van der Waals surface area contributed by atoms with Crippen molar-refractivity contribution in [3.8, 4) is 0 Å². The van der Waals surface area contributed by atoms with Crippen LogP contribution in [0.25, 0.3) is 0 Å². The summed E-state index contributed by atoms with van der Waals surface area (Å²) in [6.07, 6.45) is 13.1. The molecule has 3 heteroatoms. The molecule has 0 saturated carbocycles. The molecule has 20 heavy (non-hydrogen) atoms. The molecule has 0 heterocycles. The van der Waals surface area contributed by atoms with Gasteiger partial charge in [-0.1, -0.05) is 58.3 Å². The highest BCUT2D eigenvalue weighted by molar-refractivity contribution is 6.20. The van der Waals surface area contributed by atoms with Crippen molar-refractivity contribution >= 4 is 17.5 Å². The summed E-state index contributed by atoms with van der Waals surface area (Å²) in [7, 11) is 0. The van der Waals surface area contributed by atoms with Crippen molar-refractivity contribution in [2.24, 2.45) is 0 Å². The van der Waals surface area contributed by atoms with Gasteiger partial charge in [0.1, 0.15) is 0 Å². The third kappa shape index (κ3) is 14.2. The summed E-state index contributed by atoms with van der Waals surface area (Å²) in [6.45, 7) is 6.23. The maximum absolute atomic E-state index is 11.7. The summed E-state index contributed by atoms with van der Waals surface area (Å²) in [5, 5.41) is 3.14. The van der Waals surface area contributed by atoms with Gasteiger partial charge in [-0.3, -0.25) is 4.79 Å². The van der Waals surface area contributed by atoms with Crippen molar-refractivity contribution < 1.29 is 4.79 Å². The van der Waals surface area contributed by atoms with Crippen molar-refractivity contribution in [3.63, 3.8) is 0 Å². The van der Waals surface area contributed by atoms with Gasteiger partial charge in [0.25, 0.3) is 0 Å². The molecule has 0 spiro atoms. The maximum Gasteiger partial charge on any atom is 0.220 e.